The molecule has 1 aliphatic rings. The first-order chi connectivity index (χ1) is 9.13. The van der Waals surface area contributed by atoms with E-state index in [0.29, 0.717) is 17.9 Å². The standard InChI is InChI=1S/C16H23NO2/c1-3-16(19)15-10-13(4-5-14(15)11(2)18)12-6-8-17-9-7-12/h4-5,10,12,16-17,19H,3,6-9H2,1-2H3. The highest BCUT2D eigenvalue weighted by Gasteiger charge is 2.19. The van der Waals surface area contributed by atoms with Crippen LogP contribution in [0.3, 0.4) is 0 Å². The normalized spacial score (nSPS) is 18.3. The highest BCUT2D eigenvalue weighted by Crippen LogP contribution is 2.30. The van der Waals surface area contributed by atoms with Gasteiger partial charge in [-0.2, -0.15) is 0 Å². The Kier molecular flexibility index (Phi) is 4.72. The van der Waals surface area contributed by atoms with Crippen LogP contribution in [0.1, 0.15) is 66.6 Å². The predicted molar refractivity (Wildman–Crippen MR) is 76.5 cm³/mol. The quantitative estimate of drug-likeness (QED) is 0.819. The lowest BCUT2D eigenvalue weighted by atomic mass is 9.86. The number of hydrogen-bond donors (Lipinski definition) is 2. The highest BCUT2D eigenvalue weighted by atomic mass is 16.3. The Morgan fingerprint density at radius 1 is 1.42 bits per heavy atom. The first kappa shape index (κ1) is 14.2. The average Bonchev–Trinajstić information content (AvgIpc) is 2.46. The summed E-state index contributed by atoms with van der Waals surface area (Å²) in [7, 11) is 0. The molecule has 1 heterocycles. The first-order valence-corrected chi connectivity index (χ1v) is 7.17. The molecule has 0 saturated carbocycles. The topological polar surface area (TPSA) is 49.3 Å². The lowest BCUT2D eigenvalue weighted by Crippen LogP contribution is -2.26. The Labute approximate surface area is 115 Å². The monoisotopic (exact) mass is 261 g/mol. The van der Waals surface area contributed by atoms with Crippen LogP contribution in [0.2, 0.25) is 0 Å². The van der Waals surface area contributed by atoms with E-state index in [9.17, 15) is 9.90 Å². The van der Waals surface area contributed by atoms with E-state index in [0.717, 1.165) is 31.5 Å². The number of aliphatic hydroxyl groups is 1. The minimum Gasteiger partial charge on any atom is -0.388 e. The Balaban J connectivity index is 2.34. The molecular weight excluding hydrogens is 238 g/mol. The molecule has 0 aliphatic carbocycles. The Morgan fingerprint density at radius 2 is 2.11 bits per heavy atom. The van der Waals surface area contributed by atoms with E-state index in [4.69, 9.17) is 0 Å². The fourth-order valence-corrected chi connectivity index (χ4v) is 2.81. The number of piperidine rings is 1. The van der Waals surface area contributed by atoms with Gasteiger partial charge < -0.3 is 10.4 Å². The summed E-state index contributed by atoms with van der Waals surface area (Å²) in [5.41, 5.74) is 2.71. The minimum absolute atomic E-state index is 0.0272. The second kappa shape index (κ2) is 6.31. The number of rotatable bonds is 4. The largest absolute Gasteiger partial charge is 0.388 e. The lowest BCUT2D eigenvalue weighted by Gasteiger charge is -2.24. The zero-order valence-corrected chi connectivity index (χ0v) is 11.8. The summed E-state index contributed by atoms with van der Waals surface area (Å²) in [6.07, 6.45) is 2.35. The summed E-state index contributed by atoms with van der Waals surface area (Å²) in [5.74, 6) is 0.574. The molecule has 0 amide bonds. The van der Waals surface area contributed by atoms with Crippen LogP contribution in [0.5, 0.6) is 0 Å². The van der Waals surface area contributed by atoms with Crippen molar-refractivity contribution in [3.63, 3.8) is 0 Å². The van der Waals surface area contributed by atoms with Gasteiger partial charge in [0, 0.05) is 5.56 Å². The molecule has 1 unspecified atom stereocenters. The second-order valence-electron chi connectivity index (χ2n) is 5.35. The highest BCUT2D eigenvalue weighted by molar-refractivity contribution is 5.95. The van der Waals surface area contributed by atoms with Crippen LogP contribution in [0.25, 0.3) is 0 Å². The summed E-state index contributed by atoms with van der Waals surface area (Å²) < 4.78 is 0. The molecule has 1 aromatic carbocycles. The summed E-state index contributed by atoms with van der Waals surface area (Å²) >= 11 is 0. The Hall–Kier alpha value is -1.19. The predicted octanol–water partition coefficient (Wildman–Crippen LogP) is 2.80. The van der Waals surface area contributed by atoms with Crippen LogP contribution < -0.4 is 5.32 Å². The zero-order valence-electron chi connectivity index (χ0n) is 11.8. The number of carbonyl (C=O) groups is 1. The molecule has 19 heavy (non-hydrogen) atoms. The van der Waals surface area contributed by atoms with E-state index in [1.807, 2.05) is 19.1 Å². The molecule has 0 aromatic heterocycles. The van der Waals surface area contributed by atoms with Crippen molar-refractivity contribution in [1.82, 2.24) is 5.32 Å². The number of Topliss-reactive ketones (excluding diaryl/α,β-unsaturated/α-hetero) is 1. The fraction of sp³-hybridized carbons (Fsp3) is 0.562. The van der Waals surface area contributed by atoms with E-state index < -0.39 is 6.10 Å². The van der Waals surface area contributed by atoms with Crippen LogP contribution in [0, 0.1) is 0 Å². The third-order valence-corrected chi connectivity index (χ3v) is 4.01. The maximum atomic E-state index is 11.7. The molecule has 3 nitrogen and oxygen atoms in total. The van der Waals surface area contributed by atoms with E-state index in [1.54, 1.807) is 6.92 Å². The first-order valence-electron chi connectivity index (χ1n) is 7.17. The summed E-state index contributed by atoms with van der Waals surface area (Å²) in [4.78, 5) is 11.7. The molecule has 104 valence electrons. The lowest BCUT2D eigenvalue weighted by molar-refractivity contribution is 0.100. The van der Waals surface area contributed by atoms with Gasteiger partial charge in [-0.15, -0.1) is 0 Å². The Bertz CT molecular complexity index is 450. The third kappa shape index (κ3) is 3.23. The van der Waals surface area contributed by atoms with Gasteiger partial charge in [0.1, 0.15) is 0 Å². The minimum atomic E-state index is -0.541. The van der Waals surface area contributed by atoms with Gasteiger partial charge in [0.2, 0.25) is 0 Å². The second-order valence-corrected chi connectivity index (χ2v) is 5.35. The molecule has 1 saturated heterocycles. The molecule has 0 bridgehead atoms. The van der Waals surface area contributed by atoms with Gasteiger partial charge in [-0.1, -0.05) is 25.1 Å². The van der Waals surface area contributed by atoms with Gasteiger partial charge in [0.25, 0.3) is 0 Å². The molecule has 0 spiro atoms. The molecule has 3 heteroatoms. The number of carbonyl (C=O) groups excluding carboxylic acids is 1. The van der Waals surface area contributed by atoms with Crippen molar-refractivity contribution in [2.24, 2.45) is 0 Å². The van der Waals surface area contributed by atoms with Crippen molar-refractivity contribution >= 4 is 5.78 Å². The molecule has 1 fully saturated rings. The van der Waals surface area contributed by atoms with Gasteiger partial charge in [0.05, 0.1) is 6.10 Å². The Morgan fingerprint density at radius 3 is 2.68 bits per heavy atom. The fourth-order valence-electron chi connectivity index (χ4n) is 2.81. The molecular formula is C16H23NO2. The number of aliphatic hydroxyl groups excluding tert-OH is 1. The average molecular weight is 261 g/mol. The van der Waals surface area contributed by atoms with Crippen molar-refractivity contribution in [2.45, 2.75) is 45.1 Å². The molecule has 2 N–H and O–H groups in total. The van der Waals surface area contributed by atoms with Gasteiger partial charge in [-0.25, -0.2) is 0 Å². The van der Waals surface area contributed by atoms with Crippen LogP contribution in [-0.2, 0) is 0 Å². The van der Waals surface area contributed by atoms with Crippen molar-refractivity contribution < 1.29 is 9.90 Å². The van der Waals surface area contributed by atoms with Gasteiger partial charge in [0.15, 0.2) is 5.78 Å². The summed E-state index contributed by atoms with van der Waals surface area (Å²) in [6.45, 7) is 5.59. The smallest absolute Gasteiger partial charge is 0.160 e. The summed E-state index contributed by atoms with van der Waals surface area (Å²) in [6, 6.07) is 5.98. The maximum Gasteiger partial charge on any atom is 0.160 e. The van der Waals surface area contributed by atoms with E-state index in [-0.39, 0.29) is 5.78 Å². The van der Waals surface area contributed by atoms with E-state index in [2.05, 4.69) is 11.4 Å². The van der Waals surface area contributed by atoms with Gasteiger partial charge in [-0.05, 0) is 56.3 Å². The summed E-state index contributed by atoms with van der Waals surface area (Å²) in [5, 5.41) is 13.5. The molecule has 0 radical (unpaired) electrons. The molecule has 2 rings (SSSR count). The number of hydrogen-bond acceptors (Lipinski definition) is 3. The van der Waals surface area contributed by atoms with Crippen molar-refractivity contribution in [1.29, 1.82) is 0 Å². The molecule has 1 aliphatic heterocycles. The SMILES string of the molecule is CCC(O)c1cc(C2CCNCC2)ccc1C(C)=O. The van der Waals surface area contributed by atoms with Crippen LogP contribution in [0.15, 0.2) is 18.2 Å². The zero-order chi connectivity index (χ0) is 13.8. The van der Waals surface area contributed by atoms with Gasteiger partial charge >= 0.3 is 0 Å². The van der Waals surface area contributed by atoms with Gasteiger partial charge in [-0.3, -0.25) is 4.79 Å². The molecule has 1 aromatic rings. The van der Waals surface area contributed by atoms with Crippen LogP contribution in [0.4, 0.5) is 0 Å². The van der Waals surface area contributed by atoms with Crippen LogP contribution >= 0.6 is 0 Å². The number of nitrogens with one attached hydrogen (secondary N) is 1. The number of ketones is 1. The van der Waals surface area contributed by atoms with Crippen molar-refractivity contribution in [2.75, 3.05) is 13.1 Å². The van der Waals surface area contributed by atoms with Crippen molar-refractivity contribution in [3.05, 3.63) is 34.9 Å². The number of benzene rings is 1. The maximum absolute atomic E-state index is 11.7. The molecule has 1 atom stereocenters. The van der Waals surface area contributed by atoms with Crippen LogP contribution in [-0.4, -0.2) is 24.0 Å². The van der Waals surface area contributed by atoms with Crippen molar-refractivity contribution in [3.8, 4) is 0 Å². The van der Waals surface area contributed by atoms with E-state index >= 15 is 0 Å². The third-order valence-electron chi connectivity index (χ3n) is 4.01. The van der Waals surface area contributed by atoms with E-state index in [1.165, 1.54) is 5.56 Å².